The Bertz CT molecular complexity index is 624. The molecule has 0 saturated carbocycles. The number of halogens is 1. The standard InChI is InChI=1S/C17H19FN2/c1-12(13-5-2-6-14(18)11-13)20-10-4-7-15-16(19)8-3-9-17(15)20/h2-3,5-6,8-9,11-12H,4,7,10,19H2,1H3. The Kier molecular flexibility index (Phi) is 3.35. The van der Waals surface area contributed by atoms with E-state index in [0.717, 1.165) is 30.6 Å². The molecule has 1 unspecified atom stereocenters. The molecular formula is C17H19FN2. The Morgan fingerprint density at radius 2 is 2.00 bits per heavy atom. The summed E-state index contributed by atoms with van der Waals surface area (Å²) in [6, 6.07) is 13.1. The Morgan fingerprint density at radius 3 is 2.80 bits per heavy atom. The highest BCUT2D eigenvalue weighted by Gasteiger charge is 2.23. The lowest BCUT2D eigenvalue weighted by molar-refractivity contribution is 0.599. The van der Waals surface area contributed by atoms with Crippen LogP contribution in [0.3, 0.4) is 0 Å². The van der Waals surface area contributed by atoms with E-state index in [0.29, 0.717) is 0 Å². The molecule has 104 valence electrons. The SMILES string of the molecule is CC(c1cccc(F)c1)N1CCCc2c(N)cccc21. The number of nitrogens with two attached hydrogens (primary N) is 1. The van der Waals surface area contributed by atoms with E-state index in [1.807, 2.05) is 18.2 Å². The maximum absolute atomic E-state index is 13.4. The molecule has 0 aliphatic carbocycles. The topological polar surface area (TPSA) is 29.3 Å². The lowest BCUT2D eigenvalue weighted by Crippen LogP contribution is -2.32. The van der Waals surface area contributed by atoms with Gasteiger partial charge >= 0.3 is 0 Å². The third-order valence-electron chi connectivity index (χ3n) is 4.12. The smallest absolute Gasteiger partial charge is 0.123 e. The Hall–Kier alpha value is -2.03. The van der Waals surface area contributed by atoms with Crippen molar-refractivity contribution in [2.45, 2.75) is 25.8 Å². The molecule has 2 N–H and O–H groups in total. The molecule has 3 rings (SSSR count). The average Bonchev–Trinajstić information content (AvgIpc) is 2.46. The second-order valence-electron chi connectivity index (χ2n) is 5.37. The molecule has 1 aliphatic rings. The van der Waals surface area contributed by atoms with Crippen molar-refractivity contribution in [1.29, 1.82) is 0 Å². The van der Waals surface area contributed by atoms with Crippen molar-refractivity contribution in [3.8, 4) is 0 Å². The predicted octanol–water partition coefficient (Wildman–Crippen LogP) is 3.92. The van der Waals surface area contributed by atoms with E-state index < -0.39 is 0 Å². The molecule has 2 nitrogen and oxygen atoms in total. The van der Waals surface area contributed by atoms with Gasteiger partial charge in [-0.1, -0.05) is 18.2 Å². The summed E-state index contributed by atoms with van der Waals surface area (Å²) in [6.07, 6.45) is 2.11. The maximum Gasteiger partial charge on any atom is 0.123 e. The van der Waals surface area contributed by atoms with Crippen molar-refractivity contribution >= 4 is 11.4 Å². The molecule has 1 aliphatic heterocycles. The van der Waals surface area contributed by atoms with Crippen LogP contribution in [0.15, 0.2) is 42.5 Å². The molecule has 0 amide bonds. The van der Waals surface area contributed by atoms with Crippen molar-refractivity contribution in [2.24, 2.45) is 0 Å². The minimum absolute atomic E-state index is 0.145. The highest BCUT2D eigenvalue weighted by Crippen LogP contribution is 2.36. The monoisotopic (exact) mass is 270 g/mol. The van der Waals surface area contributed by atoms with Crippen molar-refractivity contribution in [3.05, 3.63) is 59.4 Å². The van der Waals surface area contributed by atoms with Gasteiger partial charge in [0.2, 0.25) is 0 Å². The van der Waals surface area contributed by atoms with Gasteiger partial charge in [-0.15, -0.1) is 0 Å². The summed E-state index contributed by atoms with van der Waals surface area (Å²) < 4.78 is 13.4. The number of anilines is 2. The van der Waals surface area contributed by atoms with Crippen LogP contribution in [0, 0.1) is 5.82 Å². The molecule has 2 aromatic rings. The summed E-state index contributed by atoms with van der Waals surface area (Å²) in [5, 5.41) is 0. The van der Waals surface area contributed by atoms with E-state index in [2.05, 4.69) is 17.9 Å². The molecule has 0 spiro atoms. The molecule has 0 aromatic heterocycles. The average molecular weight is 270 g/mol. The van der Waals surface area contributed by atoms with E-state index in [4.69, 9.17) is 5.73 Å². The first-order valence-corrected chi connectivity index (χ1v) is 7.06. The lowest BCUT2D eigenvalue weighted by Gasteiger charge is -2.37. The largest absolute Gasteiger partial charge is 0.398 e. The number of hydrogen-bond acceptors (Lipinski definition) is 2. The number of fused-ring (bicyclic) bond motifs is 1. The Labute approximate surface area is 119 Å². The van der Waals surface area contributed by atoms with Gasteiger partial charge in [0.05, 0.1) is 6.04 Å². The summed E-state index contributed by atoms with van der Waals surface area (Å²) in [5.74, 6) is -0.181. The van der Waals surface area contributed by atoms with Crippen LogP contribution in [0.4, 0.5) is 15.8 Å². The van der Waals surface area contributed by atoms with Gasteiger partial charge in [0.25, 0.3) is 0 Å². The third kappa shape index (κ3) is 2.24. The minimum Gasteiger partial charge on any atom is -0.398 e. The molecule has 0 bridgehead atoms. The molecule has 0 saturated heterocycles. The molecule has 2 aromatic carbocycles. The van der Waals surface area contributed by atoms with Gasteiger partial charge in [-0.05, 0) is 55.2 Å². The summed E-state index contributed by atoms with van der Waals surface area (Å²) in [4.78, 5) is 2.32. The zero-order valence-electron chi connectivity index (χ0n) is 11.6. The molecule has 1 atom stereocenters. The first-order chi connectivity index (χ1) is 9.66. The second-order valence-corrected chi connectivity index (χ2v) is 5.37. The summed E-state index contributed by atoms with van der Waals surface area (Å²) in [6.45, 7) is 3.10. The first-order valence-electron chi connectivity index (χ1n) is 7.06. The Morgan fingerprint density at radius 1 is 1.20 bits per heavy atom. The van der Waals surface area contributed by atoms with Gasteiger partial charge in [0.1, 0.15) is 5.82 Å². The molecule has 0 radical (unpaired) electrons. The fourth-order valence-corrected chi connectivity index (χ4v) is 3.03. The number of rotatable bonds is 2. The van der Waals surface area contributed by atoms with Crippen LogP contribution in [0.5, 0.6) is 0 Å². The number of hydrogen-bond donors (Lipinski definition) is 1. The first kappa shape index (κ1) is 13.0. The summed E-state index contributed by atoms with van der Waals surface area (Å²) in [7, 11) is 0. The van der Waals surface area contributed by atoms with Crippen LogP contribution in [-0.4, -0.2) is 6.54 Å². The van der Waals surface area contributed by atoms with E-state index in [1.54, 1.807) is 12.1 Å². The minimum atomic E-state index is -0.181. The fourth-order valence-electron chi connectivity index (χ4n) is 3.03. The van der Waals surface area contributed by atoms with E-state index in [9.17, 15) is 4.39 Å². The maximum atomic E-state index is 13.4. The third-order valence-corrected chi connectivity index (χ3v) is 4.12. The van der Waals surface area contributed by atoms with Crippen molar-refractivity contribution in [1.82, 2.24) is 0 Å². The van der Waals surface area contributed by atoms with Gasteiger partial charge in [-0.25, -0.2) is 4.39 Å². The zero-order chi connectivity index (χ0) is 14.1. The molecule has 0 fully saturated rings. The molecule has 20 heavy (non-hydrogen) atoms. The van der Waals surface area contributed by atoms with Gasteiger partial charge in [-0.2, -0.15) is 0 Å². The van der Waals surface area contributed by atoms with Crippen LogP contribution in [-0.2, 0) is 6.42 Å². The lowest BCUT2D eigenvalue weighted by atomic mass is 9.96. The highest BCUT2D eigenvalue weighted by atomic mass is 19.1. The van der Waals surface area contributed by atoms with Gasteiger partial charge in [-0.3, -0.25) is 0 Å². The summed E-state index contributed by atoms with van der Waals surface area (Å²) >= 11 is 0. The normalized spacial score (nSPS) is 15.8. The number of nitrogens with zero attached hydrogens (tertiary/aromatic N) is 1. The molecular weight excluding hydrogens is 251 g/mol. The van der Waals surface area contributed by atoms with Gasteiger partial charge < -0.3 is 10.6 Å². The number of nitrogen functional groups attached to an aromatic ring is 1. The second kappa shape index (κ2) is 5.16. The van der Waals surface area contributed by atoms with Crippen LogP contribution < -0.4 is 10.6 Å². The van der Waals surface area contributed by atoms with Gasteiger partial charge in [0, 0.05) is 17.9 Å². The summed E-state index contributed by atoms with van der Waals surface area (Å²) in [5.41, 5.74) is 10.4. The van der Waals surface area contributed by atoms with Crippen LogP contribution in [0.25, 0.3) is 0 Å². The molecule has 1 heterocycles. The van der Waals surface area contributed by atoms with Crippen LogP contribution >= 0.6 is 0 Å². The van der Waals surface area contributed by atoms with E-state index >= 15 is 0 Å². The van der Waals surface area contributed by atoms with Crippen LogP contribution in [0.1, 0.15) is 30.5 Å². The predicted molar refractivity (Wildman–Crippen MR) is 81.3 cm³/mol. The van der Waals surface area contributed by atoms with Gasteiger partial charge in [0.15, 0.2) is 0 Å². The Balaban J connectivity index is 1.98. The van der Waals surface area contributed by atoms with E-state index in [-0.39, 0.29) is 11.9 Å². The zero-order valence-corrected chi connectivity index (χ0v) is 11.6. The highest BCUT2D eigenvalue weighted by molar-refractivity contribution is 5.66. The molecule has 3 heteroatoms. The fraction of sp³-hybridized carbons (Fsp3) is 0.294. The van der Waals surface area contributed by atoms with Crippen molar-refractivity contribution < 1.29 is 4.39 Å². The van der Waals surface area contributed by atoms with Crippen LogP contribution in [0.2, 0.25) is 0 Å². The number of benzene rings is 2. The van der Waals surface area contributed by atoms with E-state index in [1.165, 1.54) is 17.3 Å². The van der Waals surface area contributed by atoms with Crippen molar-refractivity contribution in [3.63, 3.8) is 0 Å². The van der Waals surface area contributed by atoms with Crippen molar-refractivity contribution in [2.75, 3.05) is 17.2 Å². The quantitative estimate of drug-likeness (QED) is 0.838.